The van der Waals surface area contributed by atoms with Gasteiger partial charge in [-0.25, -0.2) is 0 Å². The van der Waals surface area contributed by atoms with Gasteiger partial charge in [-0.2, -0.15) is 0 Å². The molecule has 0 bridgehead atoms. The quantitative estimate of drug-likeness (QED) is 0.829. The van der Waals surface area contributed by atoms with E-state index in [2.05, 4.69) is 0 Å². The summed E-state index contributed by atoms with van der Waals surface area (Å²) in [7, 11) is 0. The molecule has 1 aromatic carbocycles. The summed E-state index contributed by atoms with van der Waals surface area (Å²) in [4.78, 5) is 14.0. The van der Waals surface area contributed by atoms with Gasteiger partial charge < -0.3 is 14.1 Å². The first-order valence-corrected chi connectivity index (χ1v) is 6.37. The fourth-order valence-electron chi connectivity index (χ4n) is 2.13. The molecule has 1 aromatic heterocycles. The lowest BCUT2D eigenvalue weighted by atomic mass is 10.2. The third-order valence-corrected chi connectivity index (χ3v) is 3.17. The van der Waals surface area contributed by atoms with E-state index in [1.807, 2.05) is 36.4 Å². The Morgan fingerprint density at radius 2 is 1.74 bits per heavy atom. The van der Waals surface area contributed by atoms with Crippen LogP contribution in [0.2, 0.25) is 0 Å². The molecule has 19 heavy (non-hydrogen) atoms. The van der Waals surface area contributed by atoms with Gasteiger partial charge in [0.1, 0.15) is 5.76 Å². The average Bonchev–Trinajstić information content (AvgIpc) is 2.98. The van der Waals surface area contributed by atoms with E-state index in [-0.39, 0.29) is 5.91 Å². The molecule has 4 nitrogen and oxygen atoms in total. The summed E-state index contributed by atoms with van der Waals surface area (Å²) in [5.74, 6) is 1.04. The van der Waals surface area contributed by atoms with Crippen molar-refractivity contribution in [3.05, 3.63) is 48.2 Å². The Morgan fingerprint density at radius 1 is 1.00 bits per heavy atom. The maximum absolute atomic E-state index is 12.2. The van der Waals surface area contributed by atoms with Crippen LogP contribution >= 0.6 is 0 Å². The van der Waals surface area contributed by atoms with Crippen molar-refractivity contribution >= 4 is 5.91 Å². The summed E-state index contributed by atoms with van der Waals surface area (Å²) >= 11 is 0. The van der Waals surface area contributed by atoms with Crippen LogP contribution in [0.25, 0.3) is 11.3 Å². The van der Waals surface area contributed by atoms with Gasteiger partial charge >= 0.3 is 0 Å². The van der Waals surface area contributed by atoms with Crippen LogP contribution < -0.4 is 0 Å². The third-order valence-electron chi connectivity index (χ3n) is 3.17. The monoisotopic (exact) mass is 257 g/mol. The van der Waals surface area contributed by atoms with Gasteiger partial charge in [0.25, 0.3) is 5.91 Å². The zero-order valence-electron chi connectivity index (χ0n) is 10.5. The van der Waals surface area contributed by atoms with Crippen molar-refractivity contribution in [2.24, 2.45) is 0 Å². The molecule has 4 heteroatoms. The molecule has 1 aliphatic rings. The van der Waals surface area contributed by atoms with E-state index in [9.17, 15) is 4.79 Å². The van der Waals surface area contributed by atoms with Gasteiger partial charge in [-0.3, -0.25) is 4.79 Å². The van der Waals surface area contributed by atoms with Crippen LogP contribution in [0.1, 0.15) is 10.6 Å². The molecule has 1 amide bonds. The van der Waals surface area contributed by atoms with Crippen molar-refractivity contribution in [2.75, 3.05) is 26.3 Å². The molecule has 0 aliphatic carbocycles. The van der Waals surface area contributed by atoms with Gasteiger partial charge in [-0.1, -0.05) is 30.3 Å². The molecule has 1 saturated heterocycles. The van der Waals surface area contributed by atoms with Crippen molar-refractivity contribution < 1.29 is 13.9 Å². The van der Waals surface area contributed by atoms with Gasteiger partial charge in [0.05, 0.1) is 13.2 Å². The molecule has 2 aromatic rings. The van der Waals surface area contributed by atoms with Gasteiger partial charge in [-0.15, -0.1) is 0 Å². The Labute approximate surface area is 111 Å². The summed E-state index contributed by atoms with van der Waals surface area (Å²) < 4.78 is 10.9. The van der Waals surface area contributed by atoms with Crippen molar-refractivity contribution in [3.8, 4) is 11.3 Å². The van der Waals surface area contributed by atoms with Crippen molar-refractivity contribution in [2.45, 2.75) is 0 Å². The first-order valence-electron chi connectivity index (χ1n) is 6.37. The molecular weight excluding hydrogens is 242 g/mol. The highest BCUT2D eigenvalue weighted by Crippen LogP contribution is 2.22. The molecule has 0 unspecified atom stereocenters. The number of hydrogen-bond acceptors (Lipinski definition) is 3. The van der Waals surface area contributed by atoms with Crippen LogP contribution in [-0.4, -0.2) is 37.1 Å². The van der Waals surface area contributed by atoms with E-state index in [4.69, 9.17) is 9.15 Å². The number of amides is 1. The number of carbonyl (C=O) groups excluding carboxylic acids is 1. The fourth-order valence-corrected chi connectivity index (χ4v) is 2.13. The first-order chi connectivity index (χ1) is 9.34. The molecule has 3 rings (SSSR count). The summed E-state index contributed by atoms with van der Waals surface area (Å²) in [6, 6.07) is 13.3. The van der Waals surface area contributed by atoms with E-state index >= 15 is 0 Å². The second-order valence-electron chi connectivity index (χ2n) is 4.43. The normalized spacial score (nSPS) is 15.5. The van der Waals surface area contributed by atoms with Crippen LogP contribution in [0, 0.1) is 0 Å². The number of benzene rings is 1. The average molecular weight is 257 g/mol. The fraction of sp³-hybridized carbons (Fsp3) is 0.267. The van der Waals surface area contributed by atoms with Crippen LogP contribution in [0.15, 0.2) is 46.9 Å². The second-order valence-corrected chi connectivity index (χ2v) is 4.43. The minimum absolute atomic E-state index is 0.0644. The molecule has 98 valence electrons. The van der Waals surface area contributed by atoms with Gasteiger partial charge in [0, 0.05) is 18.7 Å². The second kappa shape index (κ2) is 5.28. The molecule has 1 fully saturated rings. The SMILES string of the molecule is O=C(c1ccc(-c2ccccc2)o1)N1CCOCC1. The smallest absolute Gasteiger partial charge is 0.289 e. The van der Waals surface area contributed by atoms with Gasteiger partial charge in [0.2, 0.25) is 0 Å². The molecule has 2 heterocycles. The minimum atomic E-state index is -0.0644. The van der Waals surface area contributed by atoms with Crippen LogP contribution in [-0.2, 0) is 4.74 Å². The van der Waals surface area contributed by atoms with Crippen LogP contribution in [0.4, 0.5) is 0 Å². The Bertz CT molecular complexity index is 556. The van der Waals surface area contributed by atoms with Crippen molar-refractivity contribution in [3.63, 3.8) is 0 Å². The molecule has 0 N–H and O–H groups in total. The third kappa shape index (κ3) is 2.53. The van der Waals surface area contributed by atoms with E-state index < -0.39 is 0 Å². The first kappa shape index (κ1) is 12.0. The summed E-state index contributed by atoms with van der Waals surface area (Å²) in [6.07, 6.45) is 0. The number of carbonyl (C=O) groups is 1. The Kier molecular flexibility index (Phi) is 3.33. The largest absolute Gasteiger partial charge is 0.451 e. The van der Waals surface area contributed by atoms with Crippen molar-refractivity contribution in [1.29, 1.82) is 0 Å². The number of furan rings is 1. The standard InChI is InChI=1S/C15H15NO3/c17-15(16-8-10-18-11-9-16)14-7-6-13(19-14)12-4-2-1-3-5-12/h1-7H,8-11H2. The lowest BCUT2D eigenvalue weighted by Gasteiger charge is -2.25. The number of rotatable bonds is 2. The number of morpholine rings is 1. The summed E-state index contributed by atoms with van der Waals surface area (Å²) in [5.41, 5.74) is 0.975. The van der Waals surface area contributed by atoms with Crippen LogP contribution in [0.5, 0.6) is 0 Å². The van der Waals surface area contributed by atoms with Crippen LogP contribution in [0.3, 0.4) is 0 Å². The maximum atomic E-state index is 12.2. The predicted molar refractivity (Wildman–Crippen MR) is 70.9 cm³/mol. The zero-order valence-corrected chi connectivity index (χ0v) is 10.5. The van der Waals surface area contributed by atoms with E-state index in [0.717, 1.165) is 11.3 Å². The highest BCUT2D eigenvalue weighted by molar-refractivity contribution is 5.92. The maximum Gasteiger partial charge on any atom is 0.289 e. The van der Waals surface area contributed by atoms with E-state index in [1.54, 1.807) is 11.0 Å². The van der Waals surface area contributed by atoms with E-state index in [0.29, 0.717) is 32.1 Å². The van der Waals surface area contributed by atoms with Gasteiger partial charge in [0.15, 0.2) is 5.76 Å². The Balaban J connectivity index is 1.79. The number of hydrogen-bond donors (Lipinski definition) is 0. The Hall–Kier alpha value is -2.07. The molecule has 0 spiro atoms. The molecular formula is C15H15NO3. The summed E-state index contributed by atoms with van der Waals surface area (Å²) in [5, 5.41) is 0. The lowest BCUT2D eigenvalue weighted by Crippen LogP contribution is -2.40. The number of ether oxygens (including phenoxy) is 1. The highest BCUT2D eigenvalue weighted by atomic mass is 16.5. The number of nitrogens with zero attached hydrogens (tertiary/aromatic N) is 1. The van der Waals surface area contributed by atoms with Crippen molar-refractivity contribution in [1.82, 2.24) is 4.90 Å². The molecule has 0 atom stereocenters. The molecule has 0 radical (unpaired) electrons. The summed E-state index contributed by atoms with van der Waals surface area (Å²) in [6.45, 7) is 2.44. The zero-order chi connectivity index (χ0) is 13.1. The predicted octanol–water partition coefficient (Wildman–Crippen LogP) is 2.42. The molecule has 1 aliphatic heterocycles. The lowest BCUT2D eigenvalue weighted by molar-refractivity contribution is 0.0283. The highest BCUT2D eigenvalue weighted by Gasteiger charge is 2.21. The van der Waals surface area contributed by atoms with E-state index in [1.165, 1.54) is 0 Å². The minimum Gasteiger partial charge on any atom is -0.451 e. The Morgan fingerprint density at radius 3 is 2.47 bits per heavy atom. The van der Waals surface area contributed by atoms with Gasteiger partial charge in [-0.05, 0) is 12.1 Å². The topological polar surface area (TPSA) is 42.7 Å². The molecule has 0 saturated carbocycles.